The molecule has 1 heterocycles. The van der Waals surface area contributed by atoms with Crippen molar-refractivity contribution in [2.45, 2.75) is 19.3 Å². The number of nitrogens with one attached hydrogen (secondary N) is 1. The summed E-state index contributed by atoms with van der Waals surface area (Å²) >= 11 is 0. The van der Waals surface area contributed by atoms with Gasteiger partial charge in [0.1, 0.15) is 0 Å². The highest BCUT2D eigenvalue weighted by Crippen LogP contribution is 2.20. The van der Waals surface area contributed by atoms with E-state index in [1.165, 1.54) is 0 Å². The molecule has 1 aromatic rings. The van der Waals surface area contributed by atoms with Crippen molar-refractivity contribution in [1.29, 1.82) is 0 Å². The van der Waals surface area contributed by atoms with Gasteiger partial charge >= 0.3 is 0 Å². The third-order valence-corrected chi connectivity index (χ3v) is 3.06. The minimum atomic E-state index is -0.126. The molecule has 0 aromatic heterocycles. The van der Waals surface area contributed by atoms with E-state index in [9.17, 15) is 4.79 Å². The molecule has 1 aliphatic rings. The van der Waals surface area contributed by atoms with Gasteiger partial charge in [0.05, 0.1) is 5.70 Å². The fraction of sp³-hybridized carbons (Fsp3) is 0.176. The van der Waals surface area contributed by atoms with Crippen molar-refractivity contribution in [3.05, 3.63) is 72.1 Å². The summed E-state index contributed by atoms with van der Waals surface area (Å²) in [6.45, 7) is 7.90. The van der Waals surface area contributed by atoms with Gasteiger partial charge in [-0.1, -0.05) is 37.4 Å². The minimum Gasteiger partial charge on any atom is -0.326 e. The molecule has 2 rings (SSSR count). The number of amides is 1. The zero-order valence-electron chi connectivity index (χ0n) is 11.4. The van der Waals surface area contributed by atoms with Crippen LogP contribution in [-0.2, 0) is 0 Å². The van der Waals surface area contributed by atoms with E-state index < -0.39 is 0 Å². The third-order valence-electron chi connectivity index (χ3n) is 3.06. The molecule has 0 atom stereocenters. The first-order valence-electron chi connectivity index (χ1n) is 6.62. The minimum absolute atomic E-state index is 0.126. The smallest absolute Gasteiger partial charge is 0.255 e. The molecule has 0 radical (unpaired) electrons. The maximum absolute atomic E-state index is 11.9. The number of hydrogen-bond acceptors (Lipinski definition) is 2. The Hall–Kier alpha value is -2.42. The Balaban J connectivity index is 1.80. The Morgan fingerprint density at radius 2 is 1.95 bits per heavy atom. The van der Waals surface area contributed by atoms with Gasteiger partial charge < -0.3 is 5.32 Å². The van der Waals surface area contributed by atoms with E-state index in [4.69, 9.17) is 0 Å². The molecular formula is C17H18N2O. The first-order valence-corrected chi connectivity index (χ1v) is 6.62. The molecule has 0 saturated carbocycles. The predicted octanol–water partition coefficient (Wildman–Crippen LogP) is 3.62. The van der Waals surface area contributed by atoms with Crippen LogP contribution in [0.1, 0.15) is 29.6 Å². The van der Waals surface area contributed by atoms with E-state index in [2.05, 4.69) is 23.5 Å². The summed E-state index contributed by atoms with van der Waals surface area (Å²) in [5, 5.41) is 2.81. The van der Waals surface area contributed by atoms with Crippen LogP contribution in [0.5, 0.6) is 0 Å². The summed E-state index contributed by atoms with van der Waals surface area (Å²) in [6.07, 6.45) is 6.21. The Kier molecular flexibility index (Phi) is 4.66. The Morgan fingerprint density at radius 1 is 1.20 bits per heavy atom. The van der Waals surface area contributed by atoms with E-state index in [0.717, 1.165) is 24.1 Å². The molecule has 0 saturated heterocycles. The summed E-state index contributed by atoms with van der Waals surface area (Å²) in [5.74, 6) is -0.126. The first-order chi connectivity index (χ1) is 9.66. The van der Waals surface area contributed by atoms with Crippen LogP contribution in [0.3, 0.4) is 0 Å². The topological polar surface area (TPSA) is 41.5 Å². The van der Waals surface area contributed by atoms with Crippen LogP contribution in [0.4, 0.5) is 0 Å². The van der Waals surface area contributed by atoms with Gasteiger partial charge in [-0.05, 0) is 30.5 Å². The van der Waals surface area contributed by atoms with Gasteiger partial charge in [-0.3, -0.25) is 9.79 Å². The number of carbonyl (C=O) groups excluding carboxylic acids is 1. The molecular weight excluding hydrogens is 248 g/mol. The van der Waals surface area contributed by atoms with Crippen LogP contribution in [0.2, 0.25) is 0 Å². The second-order valence-electron chi connectivity index (χ2n) is 4.66. The van der Waals surface area contributed by atoms with Crippen LogP contribution in [0.25, 0.3) is 0 Å². The third kappa shape index (κ3) is 3.79. The van der Waals surface area contributed by atoms with Crippen molar-refractivity contribution in [2.24, 2.45) is 4.99 Å². The van der Waals surface area contributed by atoms with Crippen LogP contribution >= 0.6 is 0 Å². The number of hydrogen-bond donors (Lipinski definition) is 1. The van der Waals surface area contributed by atoms with Crippen LogP contribution < -0.4 is 5.32 Å². The second-order valence-corrected chi connectivity index (χ2v) is 4.66. The number of carbonyl (C=O) groups is 1. The molecule has 102 valence electrons. The van der Waals surface area contributed by atoms with Crippen molar-refractivity contribution >= 4 is 12.1 Å². The lowest BCUT2D eigenvalue weighted by molar-refractivity contribution is 0.0965. The van der Waals surface area contributed by atoms with E-state index in [0.29, 0.717) is 17.7 Å². The highest BCUT2D eigenvalue weighted by molar-refractivity contribution is 5.95. The van der Waals surface area contributed by atoms with Gasteiger partial charge in [0.2, 0.25) is 0 Å². The number of allylic oxidation sites excluding steroid dienone is 3. The maximum atomic E-state index is 11.9. The lowest BCUT2D eigenvalue weighted by Crippen LogP contribution is -2.22. The SMILES string of the molecule is C=C(CCC(=C)C1=CCC=N1)NC(=O)c1ccccc1. The van der Waals surface area contributed by atoms with Crippen LogP contribution in [0.15, 0.2) is 71.5 Å². The van der Waals surface area contributed by atoms with Crippen molar-refractivity contribution in [3.8, 4) is 0 Å². The summed E-state index contributed by atoms with van der Waals surface area (Å²) < 4.78 is 0. The van der Waals surface area contributed by atoms with Gasteiger partial charge in [0, 0.05) is 23.9 Å². The molecule has 0 unspecified atom stereocenters. The fourth-order valence-electron chi connectivity index (χ4n) is 1.92. The molecule has 3 heteroatoms. The molecule has 0 spiro atoms. The predicted molar refractivity (Wildman–Crippen MR) is 82.6 cm³/mol. The maximum Gasteiger partial charge on any atom is 0.255 e. The average Bonchev–Trinajstić information content (AvgIpc) is 3.00. The Morgan fingerprint density at radius 3 is 2.60 bits per heavy atom. The van der Waals surface area contributed by atoms with E-state index >= 15 is 0 Å². The number of aliphatic imine (C=N–C) groups is 1. The normalized spacial score (nSPS) is 12.9. The Bertz CT molecular complexity index is 582. The average molecular weight is 266 g/mol. The Labute approximate surface area is 119 Å². The van der Waals surface area contributed by atoms with Crippen molar-refractivity contribution in [3.63, 3.8) is 0 Å². The molecule has 1 amide bonds. The molecule has 1 N–H and O–H groups in total. The van der Waals surface area contributed by atoms with E-state index in [-0.39, 0.29) is 5.91 Å². The van der Waals surface area contributed by atoms with Crippen molar-refractivity contribution < 1.29 is 4.79 Å². The molecule has 1 aliphatic heterocycles. The summed E-state index contributed by atoms with van der Waals surface area (Å²) in [6, 6.07) is 9.11. The van der Waals surface area contributed by atoms with Gasteiger partial charge in [-0.2, -0.15) is 0 Å². The number of benzene rings is 1. The van der Waals surface area contributed by atoms with Crippen molar-refractivity contribution in [2.75, 3.05) is 0 Å². The van der Waals surface area contributed by atoms with Crippen molar-refractivity contribution in [1.82, 2.24) is 5.32 Å². The zero-order chi connectivity index (χ0) is 14.4. The highest BCUT2D eigenvalue weighted by Gasteiger charge is 2.08. The number of nitrogens with zero attached hydrogens (tertiary/aromatic N) is 1. The molecule has 0 fully saturated rings. The summed E-state index contributed by atoms with van der Waals surface area (Å²) in [5.41, 5.74) is 3.26. The molecule has 3 nitrogen and oxygen atoms in total. The molecule has 0 aliphatic carbocycles. The standard InChI is InChI=1S/C17H18N2O/c1-13(16-9-6-12-18-16)10-11-14(2)19-17(20)15-7-4-3-5-8-15/h3-5,7-9,12H,1-2,6,10-11H2,(H,19,20). The largest absolute Gasteiger partial charge is 0.326 e. The first kappa shape index (κ1) is 14.0. The quantitative estimate of drug-likeness (QED) is 0.839. The zero-order valence-corrected chi connectivity index (χ0v) is 11.4. The van der Waals surface area contributed by atoms with Gasteiger partial charge in [0.25, 0.3) is 5.91 Å². The van der Waals surface area contributed by atoms with Gasteiger partial charge in [-0.15, -0.1) is 0 Å². The lowest BCUT2D eigenvalue weighted by atomic mass is 10.1. The van der Waals surface area contributed by atoms with Crippen LogP contribution in [-0.4, -0.2) is 12.1 Å². The number of rotatable bonds is 6. The monoisotopic (exact) mass is 266 g/mol. The molecule has 20 heavy (non-hydrogen) atoms. The van der Waals surface area contributed by atoms with Gasteiger partial charge in [0.15, 0.2) is 0 Å². The highest BCUT2D eigenvalue weighted by atomic mass is 16.1. The van der Waals surface area contributed by atoms with E-state index in [1.807, 2.05) is 30.5 Å². The van der Waals surface area contributed by atoms with E-state index in [1.54, 1.807) is 12.1 Å². The van der Waals surface area contributed by atoms with Gasteiger partial charge in [-0.25, -0.2) is 0 Å². The summed E-state index contributed by atoms with van der Waals surface area (Å²) in [4.78, 5) is 16.2. The fourth-order valence-corrected chi connectivity index (χ4v) is 1.92. The lowest BCUT2D eigenvalue weighted by Gasteiger charge is -2.09. The summed E-state index contributed by atoms with van der Waals surface area (Å²) in [7, 11) is 0. The van der Waals surface area contributed by atoms with Crippen LogP contribution in [0, 0.1) is 0 Å². The second kappa shape index (κ2) is 6.66. The molecule has 1 aromatic carbocycles. The molecule has 0 bridgehead atoms.